The highest BCUT2D eigenvalue weighted by Gasteiger charge is 2.30. The summed E-state index contributed by atoms with van der Waals surface area (Å²) in [6, 6.07) is 0. The average Bonchev–Trinajstić information content (AvgIpc) is 2.14. The Labute approximate surface area is 162 Å². The fourth-order valence-electron chi connectivity index (χ4n) is 0. The predicted octanol–water partition coefficient (Wildman–Crippen LogP) is 4.32. The molecule has 0 radical (unpaired) electrons. The number of carboxylic acids is 3. The average molecular weight is 490 g/mol. The zero-order chi connectivity index (χ0) is 18.2. The second kappa shape index (κ2) is 10.7. The van der Waals surface area contributed by atoms with Crippen molar-refractivity contribution in [1.82, 2.24) is 0 Å². The van der Waals surface area contributed by atoms with Crippen LogP contribution in [0.2, 0.25) is 0 Å². The molecule has 0 rings (SSSR count). The van der Waals surface area contributed by atoms with E-state index in [1.54, 1.807) is 0 Å². The summed E-state index contributed by atoms with van der Waals surface area (Å²) in [5.74, 6) is -4.38. The molecule has 0 aliphatic rings. The van der Waals surface area contributed by atoms with Crippen LogP contribution in [-0.2, 0) is 14.4 Å². The monoisotopic (exact) mass is 486 g/mol. The molecule has 15 heteroatoms. The molecule has 6 nitrogen and oxygen atoms in total. The smallest absolute Gasteiger partial charge is 0.356 e. The molecule has 0 saturated heterocycles. The second-order valence-corrected chi connectivity index (χ2v) is 9.25. The molecule has 0 aromatic heterocycles. The molecule has 21 heavy (non-hydrogen) atoms. The Balaban J connectivity index is -0.000000231. The van der Waals surface area contributed by atoms with Gasteiger partial charge in [-0.15, -0.1) is 0 Å². The summed E-state index contributed by atoms with van der Waals surface area (Å²) in [6.45, 7) is 0. The van der Waals surface area contributed by atoms with E-state index in [0.29, 0.717) is 0 Å². The Hall–Kier alpha value is 1.02. The normalized spacial score (nSPS) is 11.3. The summed E-state index contributed by atoms with van der Waals surface area (Å²) in [7, 11) is 0. The Morgan fingerprint density at radius 1 is 0.476 bits per heavy atom. The SMILES string of the molecule is O=C(O)C(Cl)(Cl)Cl.O=C(O)C(Cl)(Cl)Cl.O=C(O)C(Cl)(Cl)Cl. The van der Waals surface area contributed by atoms with Crippen molar-refractivity contribution < 1.29 is 29.7 Å². The lowest BCUT2D eigenvalue weighted by atomic mass is 10.8. The summed E-state index contributed by atoms with van der Waals surface area (Å²) < 4.78 is -6.50. The van der Waals surface area contributed by atoms with Gasteiger partial charge >= 0.3 is 17.9 Å². The highest BCUT2D eigenvalue weighted by molar-refractivity contribution is 6.76. The van der Waals surface area contributed by atoms with Crippen molar-refractivity contribution in [1.29, 1.82) is 0 Å². The third-order valence-corrected chi connectivity index (χ3v) is 2.18. The first-order valence-corrected chi connectivity index (χ1v) is 7.14. The zero-order valence-electron chi connectivity index (χ0n) is 8.97. The molecule has 0 aromatic carbocycles. The molecule has 0 bridgehead atoms. The molecule has 0 heterocycles. The van der Waals surface area contributed by atoms with Crippen LogP contribution in [0.25, 0.3) is 0 Å². The van der Waals surface area contributed by atoms with Crippen molar-refractivity contribution in [2.45, 2.75) is 11.4 Å². The number of hydrogen-bond donors (Lipinski definition) is 3. The van der Waals surface area contributed by atoms with Gasteiger partial charge in [0, 0.05) is 0 Å². The third-order valence-electron chi connectivity index (χ3n) is 0.728. The van der Waals surface area contributed by atoms with E-state index in [0.717, 1.165) is 0 Å². The molecule has 0 unspecified atom stereocenters. The minimum Gasteiger partial charge on any atom is -0.478 e. The maximum absolute atomic E-state index is 9.62. The van der Waals surface area contributed by atoms with Gasteiger partial charge in [-0.25, -0.2) is 14.4 Å². The van der Waals surface area contributed by atoms with Gasteiger partial charge in [0.05, 0.1) is 0 Å². The minimum absolute atomic E-state index is 1.46. The number of halogens is 9. The molecule has 0 spiro atoms. The second-order valence-electron chi connectivity index (χ2n) is 2.41. The van der Waals surface area contributed by atoms with Crippen LogP contribution in [0, 0.1) is 0 Å². The fourth-order valence-corrected chi connectivity index (χ4v) is 0. The third kappa shape index (κ3) is 21.0. The van der Waals surface area contributed by atoms with Gasteiger partial charge in [0.1, 0.15) is 0 Å². The fraction of sp³-hybridized carbons (Fsp3) is 0.500. The van der Waals surface area contributed by atoms with Crippen LogP contribution in [-0.4, -0.2) is 44.6 Å². The quantitative estimate of drug-likeness (QED) is 0.437. The van der Waals surface area contributed by atoms with Gasteiger partial charge in [-0.2, -0.15) is 0 Å². The topological polar surface area (TPSA) is 112 Å². The molecular formula is C6H3Cl9O6. The largest absolute Gasteiger partial charge is 0.478 e. The standard InChI is InChI=1S/3C2HCl3O2/c3*3-2(4,5)1(6)7/h3*(H,6,7). The predicted molar refractivity (Wildman–Crippen MR) is 83.8 cm³/mol. The summed E-state index contributed by atoms with van der Waals surface area (Å²) in [6.07, 6.45) is 0. The van der Waals surface area contributed by atoms with E-state index in [4.69, 9.17) is 120 Å². The maximum Gasteiger partial charge on any atom is 0.356 e. The number of rotatable bonds is 0. The van der Waals surface area contributed by atoms with Gasteiger partial charge < -0.3 is 15.3 Å². The van der Waals surface area contributed by atoms with E-state index >= 15 is 0 Å². The molecular weight excluding hydrogens is 487 g/mol. The molecule has 3 N–H and O–H groups in total. The Morgan fingerprint density at radius 3 is 0.524 bits per heavy atom. The number of aliphatic carboxylic acids is 3. The lowest BCUT2D eigenvalue weighted by molar-refractivity contribution is -0.136. The van der Waals surface area contributed by atoms with Crippen molar-refractivity contribution in [2.24, 2.45) is 0 Å². The first-order valence-electron chi connectivity index (χ1n) is 3.73. The summed E-state index contributed by atoms with van der Waals surface area (Å²) >= 11 is 43.2. The molecule has 0 atom stereocenters. The molecule has 0 aromatic rings. The van der Waals surface area contributed by atoms with Crippen molar-refractivity contribution in [3.8, 4) is 0 Å². The van der Waals surface area contributed by atoms with Gasteiger partial charge in [-0.3, -0.25) is 0 Å². The molecule has 0 aliphatic heterocycles. The summed E-state index contributed by atoms with van der Waals surface area (Å²) in [5.41, 5.74) is 0. The van der Waals surface area contributed by atoms with Crippen molar-refractivity contribution in [3.63, 3.8) is 0 Å². The van der Waals surface area contributed by atoms with Crippen molar-refractivity contribution in [3.05, 3.63) is 0 Å². The van der Waals surface area contributed by atoms with Gasteiger partial charge in [0.2, 0.25) is 0 Å². The highest BCUT2D eigenvalue weighted by atomic mass is 35.6. The van der Waals surface area contributed by atoms with Crippen molar-refractivity contribution in [2.75, 3.05) is 0 Å². The number of carboxylic acid groups (broad SMARTS) is 3. The van der Waals surface area contributed by atoms with E-state index in [1.165, 1.54) is 0 Å². The van der Waals surface area contributed by atoms with Gasteiger partial charge in [-0.1, -0.05) is 104 Å². The number of hydrogen-bond acceptors (Lipinski definition) is 3. The Kier molecular flexibility index (Phi) is 13.7. The highest BCUT2D eigenvalue weighted by Crippen LogP contribution is 2.26. The van der Waals surface area contributed by atoms with E-state index < -0.39 is 29.3 Å². The minimum atomic E-state index is -2.17. The molecule has 0 saturated carbocycles. The van der Waals surface area contributed by atoms with E-state index in [2.05, 4.69) is 0 Å². The van der Waals surface area contributed by atoms with Crippen molar-refractivity contribution >= 4 is 122 Å². The lowest BCUT2D eigenvalue weighted by Gasteiger charge is -1.99. The summed E-state index contributed by atoms with van der Waals surface area (Å²) in [5, 5.41) is 23.6. The summed E-state index contributed by atoms with van der Waals surface area (Å²) in [4.78, 5) is 28.9. The molecule has 0 aliphatic carbocycles. The van der Waals surface area contributed by atoms with Crippen LogP contribution in [0.5, 0.6) is 0 Å². The van der Waals surface area contributed by atoms with Gasteiger partial charge in [0.25, 0.3) is 11.4 Å². The van der Waals surface area contributed by atoms with Crippen LogP contribution in [0.3, 0.4) is 0 Å². The van der Waals surface area contributed by atoms with E-state index in [1.807, 2.05) is 0 Å². The van der Waals surface area contributed by atoms with E-state index in [-0.39, 0.29) is 0 Å². The van der Waals surface area contributed by atoms with Crippen LogP contribution >= 0.6 is 104 Å². The maximum atomic E-state index is 9.62. The Morgan fingerprint density at radius 2 is 0.524 bits per heavy atom. The molecule has 0 fully saturated rings. The first kappa shape index (κ1) is 26.9. The lowest BCUT2D eigenvalue weighted by Crippen LogP contribution is -2.16. The van der Waals surface area contributed by atoms with Gasteiger partial charge in [-0.05, 0) is 0 Å². The van der Waals surface area contributed by atoms with Crippen LogP contribution in [0.4, 0.5) is 0 Å². The zero-order valence-corrected chi connectivity index (χ0v) is 15.8. The van der Waals surface area contributed by atoms with E-state index in [9.17, 15) is 14.4 Å². The molecule has 126 valence electrons. The number of carbonyl (C=O) groups is 3. The number of alkyl halides is 9. The molecule has 0 amide bonds. The van der Waals surface area contributed by atoms with Crippen LogP contribution in [0.15, 0.2) is 0 Å². The first-order chi connectivity index (χ1) is 8.83. The Bertz CT molecular complexity index is 307. The van der Waals surface area contributed by atoms with Crippen LogP contribution < -0.4 is 0 Å². The van der Waals surface area contributed by atoms with Gasteiger partial charge in [0.15, 0.2) is 0 Å². The van der Waals surface area contributed by atoms with Crippen LogP contribution in [0.1, 0.15) is 0 Å².